The Bertz CT molecular complexity index is 1200. The molecule has 1 aromatic heterocycles. The monoisotopic (exact) mass is 735 g/mol. The van der Waals surface area contributed by atoms with Crippen LogP contribution in [0.3, 0.4) is 0 Å². The van der Waals surface area contributed by atoms with E-state index in [1.165, 1.54) is 24.2 Å². The van der Waals surface area contributed by atoms with Gasteiger partial charge in [-0.25, -0.2) is 4.98 Å². The van der Waals surface area contributed by atoms with Gasteiger partial charge in [0.2, 0.25) is 17.7 Å². The van der Waals surface area contributed by atoms with Gasteiger partial charge in [-0.1, -0.05) is 65.2 Å². The van der Waals surface area contributed by atoms with Gasteiger partial charge in [0.15, 0.2) is 5.13 Å². The van der Waals surface area contributed by atoms with E-state index in [1.807, 2.05) is 24.1 Å². The van der Waals surface area contributed by atoms with E-state index in [9.17, 15) is 24.6 Å². The van der Waals surface area contributed by atoms with Crippen molar-refractivity contribution in [1.29, 1.82) is 0 Å². The highest BCUT2D eigenvalue weighted by atomic mass is 32.1. The number of carbonyl (C=O) groups excluding carboxylic acids is 3. The van der Waals surface area contributed by atoms with E-state index in [1.54, 1.807) is 12.0 Å². The highest BCUT2D eigenvalue weighted by Gasteiger charge is 2.35. The zero-order chi connectivity index (χ0) is 36.8. The summed E-state index contributed by atoms with van der Waals surface area (Å²) in [6, 6.07) is -0.650. The Labute approximate surface area is 309 Å². The van der Waals surface area contributed by atoms with Crippen molar-refractivity contribution in [2.24, 2.45) is 23.7 Å². The van der Waals surface area contributed by atoms with Gasteiger partial charge in [0.05, 0.1) is 36.4 Å². The fourth-order valence-electron chi connectivity index (χ4n) is 8.16. The average molecular weight is 736 g/mol. The first-order valence-electron chi connectivity index (χ1n) is 19.5. The van der Waals surface area contributed by atoms with Gasteiger partial charge in [-0.2, -0.15) is 0 Å². The summed E-state index contributed by atoms with van der Waals surface area (Å²) < 4.78 is 10.7. The van der Waals surface area contributed by atoms with Crippen LogP contribution in [-0.4, -0.2) is 107 Å². The van der Waals surface area contributed by atoms with E-state index in [0.717, 1.165) is 51.4 Å². The summed E-state index contributed by atoms with van der Waals surface area (Å²) in [7, 11) is 1.59. The Morgan fingerprint density at radius 2 is 1.67 bits per heavy atom. The molecule has 0 radical (unpaired) electrons. The summed E-state index contributed by atoms with van der Waals surface area (Å²) in [4.78, 5) is 50.1. The lowest BCUT2D eigenvalue weighted by Crippen LogP contribution is -2.52. The van der Waals surface area contributed by atoms with E-state index in [4.69, 9.17) is 15.2 Å². The second kappa shape index (κ2) is 21.4. The van der Waals surface area contributed by atoms with Crippen LogP contribution in [0, 0.1) is 23.7 Å². The number of nitrogen functional groups attached to an aromatic ring is 1. The van der Waals surface area contributed by atoms with Crippen LogP contribution in [0.25, 0.3) is 0 Å². The van der Waals surface area contributed by atoms with Gasteiger partial charge in [-0.15, -0.1) is 11.3 Å². The molecule has 3 aliphatic rings. The number of aliphatic hydroxyl groups is 2. The molecular formula is C38H65N5O7S. The molecule has 1 aromatic rings. The van der Waals surface area contributed by atoms with Gasteiger partial charge in [0.25, 0.3) is 0 Å². The van der Waals surface area contributed by atoms with E-state index in [2.05, 4.69) is 10.3 Å². The highest BCUT2D eigenvalue weighted by Crippen LogP contribution is 2.30. The predicted octanol–water partition coefficient (Wildman–Crippen LogP) is 4.52. The largest absolute Gasteiger partial charge is 0.390 e. The van der Waals surface area contributed by atoms with Crippen LogP contribution in [0.2, 0.25) is 0 Å². The lowest BCUT2D eigenvalue weighted by molar-refractivity contribution is -0.145. The first-order valence-corrected chi connectivity index (χ1v) is 20.4. The Balaban J connectivity index is 1.50. The van der Waals surface area contributed by atoms with Crippen molar-refractivity contribution in [3.8, 4) is 0 Å². The third-order valence-corrected chi connectivity index (χ3v) is 11.8. The molecule has 3 fully saturated rings. The van der Waals surface area contributed by atoms with Gasteiger partial charge in [-0.3, -0.25) is 14.4 Å². The molecule has 1 aliphatic heterocycles. The standard InChI is InChI=1S/C38H65N5O7S/c1-26(2)18-33(44)36(47)32(19-27-10-6-4-7-11-27)41-37(48)29(20-30-24-51-38(39)40-30)21-34(45)43(22-28-12-8-5-9-13-28)23-35(46)42-16-14-31(15-17-42)50-25-49-3/h24,26-29,31-33,36,44,47H,4-23,25H2,1-3H3,(H2,39,40)(H,41,48)/t29-,32+,33+,36-/m1/s1. The maximum absolute atomic E-state index is 14.3. The molecular weight excluding hydrogens is 671 g/mol. The minimum absolute atomic E-state index is 0.0265. The quantitative estimate of drug-likeness (QED) is 0.150. The summed E-state index contributed by atoms with van der Waals surface area (Å²) in [5.74, 6) is -0.640. The molecule has 3 amide bonds. The highest BCUT2D eigenvalue weighted by molar-refractivity contribution is 7.13. The topological polar surface area (TPSA) is 168 Å². The number of anilines is 1. The number of thiazole rings is 1. The molecule has 2 saturated carbocycles. The molecule has 0 aromatic carbocycles. The number of aliphatic hydroxyl groups excluding tert-OH is 2. The number of nitrogens with one attached hydrogen (secondary N) is 1. The minimum Gasteiger partial charge on any atom is -0.390 e. The molecule has 4 rings (SSSR count). The minimum atomic E-state index is -1.13. The van der Waals surface area contributed by atoms with Crippen molar-refractivity contribution < 1.29 is 34.1 Å². The number of amides is 3. The van der Waals surface area contributed by atoms with Crippen LogP contribution in [0.5, 0.6) is 0 Å². The second-order valence-electron chi connectivity index (χ2n) is 15.8. The molecule has 0 bridgehead atoms. The average Bonchev–Trinajstić information content (AvgIpc) is 3.54. The molecule has 51 heavy (non-hydrogen) atoms. The summed E-state index contributed by atoms with van der Waals surface area (Å²) in [5.41, 5.74) is 6.58. The first kappa shape index (κ1) is 41.4. The zero-order valence-corrected chi connectivity index (χ0v) is 32.1. The third kappa shape index (κ3) is 13.9. The molecule has 12 nitrogen and oxygen atoms in total. The Kier molecular flexibility index (Phi) is 17.4. The molecule has 5 N–H and O–H groups in total. The summed E-state index contributed by atoms with van der Waals surface area (Å²) in [6.45, 7) is 5.79. The van der Waals surface area contributed by atoms with Crippen molar-refractivity contribution in [2.45, 2.75) is 141 Å². The van der Waals surface area contributed by atoms with Crippen molar-refractivity contribution in [3.63, 3.8) is 0 Å². The molecule has 13 heteroatoms. The van der Waals surface area contributed by atoms with Crippen LogP contribution in [-0.2, 0) is 30.3 Å². The number of likely N-dealkylation sites (tertiary alicyclic amines) is 1. The normalized spacial score (nSPS) is 20.5. The SMILES string of the molecule is COCOC1CCN(C(=O)CN(CC2CCCCC2)C(=O)C[C@@H](Cc2csc(N)n2)C(=O)N[C@@H](CC2CCCCC2)[C@@H](O)[C@@H](O)CC(C)C)CC1. The summed E-state index contributed by atoms with van der Waals surface area (Å²) >= 11 is 1.29. The van der Waals surface area contributed by atoms with Crippen LogP contribution in [0.1, 0.15) is 116 Å². The number of ether oxygens (including phenoxy) is 2. The van der Waals surface area contributed by atoms with Gasteiger partial charge >= 0.3 is 0 Å². The lowest BCUT2D eigenvalue weighted by Gasteiger charge is -2.35. The fraction of sp³-hybridized carbons (Fsp3) is 0.842. The van der Waals surface area contributed by atoms with Crippen LogP contribution in [0.15, 0.2) is 5.38 Å². The van der Waals surface area contributed by atoms with Gasteiger partial charge < -0.3 is 40.5 Å². The molecule has 0 spiro atoms. The van der Waals surface area contributed by atoms with Crippen molar-refractivity contribution >= 4 is 34.2 Å². The maximum atomic E-state index is 14.3. The molecule has 2 heterocycles. The number of carbonyl (C=O) groups is 3. The van der Waals surface area contributed by atoms with Crippen LogP contribution >= 0.6 is 11.3 Å². The first-order chi connectivity index (χ1) is 24.5. The van der Waals surface area contributed by atoms with Gasteiger partial charge in [0, 0.05) is 45.0 Å². The summed E-state index contributed by atoms with van der Waals surface area (Å²) in [6.07, 6.45) is 11.4. The van der Waals surface area contributed by atoms with E-state index in [0.29, 0.717) is 68.0 Å². The predicted molar refractivity (Wildman–Crippen MR) is 199 cm³/mol. The molecule has 2 aliphatic carbocycles. The molecule has 1 saturated heterocycles. The third-order valence-electron chi connectivity index (χ3n) is 11.1. The molecule has 290 valence electrons. The Hall–Kier alpha value is -2.32. The van der Waals surface area contributed by atoms with Crippen LogP contribution in [0.4, 0.5) is 5.13 Å². The number of hydrogen-bond acceptors (Lipinski definition) is 10. The van der Waals surface area contributed by atoms with Crippen molar-refractivity contribution in [2.75, 3.05) is 45.8 Å². The van der Waals surface area contributed by atoms with Crippen molar-refractivity contribution in [3.05, 3.63) is 11.1 Å². The maximum Gasteiger partial charge on any atom is 0.242 e. The number of methoxy groups -OCH3 is 1. The Morgan fingerprint density at radius 3 is 2.25 bits per heavy atom. The van der Waals surface area contributed by atoms with Gasteiger partial charge in [0.1, 0.15) is 12.9 Å². The van der Waals surface area contributed by atoms with E-state index in [-0.39, 0.29) is 55.9 Å². The smallest absolute Gasteiger partial charge is 0.242 e. The zero-order valence-electron chi connectivity index (χ0n) is 31.3. The van der Waals surface area contributed by atoms with E-state index >= 15 is 0 Å². The number of nitrogens with zero attached hydrogens (tertiary/aromatic N) is 3. The van der Waals surface area contributed by atoms with E-state index < -0.39 is 24.2 Å². The van der Waals surface area contributed by atoms with Crippen LogP contribution < -0.4 is 11.1 Å². The second-order valence-corrected chi connectivity index (χ2v) is 16.6. The molecule has 0 unspecified atom stereocenters. The lowest BCUT2D eigenvalue weighted by atomic mass is 9.82. The fourth-order valence-corrected chi connectivity index (χ4v) is 8.73. The number of nitrogens with two attached hydrogens (primary N) is 1. The van der Waals surface area contributed by atoms with Gasteiger partial charge in [-0.05, 0) is 56.3 Å². The Morgan fingerprint density at radius 1 is 1.02 bits per heavy atom. The summed E-state index contributed by atoms with van der Waals surface area (Å²) in [5, 5.41) is 27.7. The number of aromatic nitrogens is 1. The number of piperidine rings is 1. The van der Waals surface area contributed by atoms with Crippen molar-refractivity contribution in [1.82, 2.24) is 20.1 Å². The number of hydrogen-bond donors (Lipinski definition) is 4. The molecule has 4 atom stereocenters. The number of rotatable bonds is 19.